The zero-order valence-electron chi connectivity index (χ0n) is 9.51. The fraction of sp³-hybridized carbons (Fsp3) is 0.583. The van der Waals surface area contributed by atoms with Gasteiger partial charge in [0.25, 0.3) is 0 Å². The number of nitrogens with two attached hydrogens (primary N) is 1. The van der Waals surface area contributed by atoms with Gasteiger partial charge in [0.15, 0.2) is 0 Å². The lowest BCUT2D eigenvalue weighted by Crippen LogP contribution is -2.15. The van der Waals surface area contributed by atoms with Crippen LogP contribution in [0.25, 0.3) is 0 Å². The highest BCUT2D eigenvalue weighted by Gasteiger charge is 2.40. The SMILES string of the molecule is CCC1(CNc2cc(N)c(C)cn2)CC1. The largest absolute Gasteiger partial charge is 0.398 e. The van der Waals surface area contributed by atoms with E-state index in [9.17, 15) is 0 Å². The molecule has 0 atom stereocenters. The molecule has 0 aromatic carbocycles. The third-order valence-electron chi connectivity index (χ3n) is 3.50. The van der Waals surface area contributed by atoms with E-state index in [4.69, 9.17) is 5.73 Å². The molecule has 1 aromatic heterocycles. The monoisotopic (exact) mass is 205 g/mol. The topological polar surface area (TPSA) is 50.9 Å². The molecule has 0 saturated heterocycles. The van der Waals surface area contributed by atoms with Crippen LogP contribution in [-0.2, 0) is 0 Å². The van der Waals surface area contributed by atoms with Gasteiger partial charge in [0, 0.05) is 24.5 Å². The Balaban J connectivity index is 1.96. The highest BCUT2D eigenvalue weighted by molar-refractivity contribution is 5.53. The smallest absolute Gasteiger partial charge is 0.127 e. The number of pyridine rings is 1. The van der Waals surface area contributed by atoms with E-state index in [1.54, 1.807) is 0 Å². The number of aryl methyl sites for hydroxylation is 1. The van der Waals surface area contributed by atoms with Crippen LogP contribution in [0.2, 0.25) is 0 Å². The van der Waals surface area contributed by atoms with Crippen LogP contribution in [0.15, 0.2) is 12.3 Å². The molecule has 0 bridgehead atoms. The lowest BCUT2D eigenvalue weighted by atomic mass is 10.0. The van der Waals surface area contributed by atoms with Crippen LogP contribution in [0.5, 0.6) is 0 Å². The Morgan fingerprint density at radius 3 is 2.80 bits per heavy atom. The summed E-state index contributed by atoms with van der Waals surface area (Å²) in [6.45, 7) is 5.26. The van der Waals surface area contributed by atoms with E-state index < -0.39 is 0 Å². The van der Waals surface area contributed by atoms with Crippen molar-refractivity contribution in [2.24, 2.45) is 5.41 Å². The number of nitrogens with one attached hydrogen (secondary N) is 1. The van der Waals surface area contributed by atoms with Crippen LogP contribution in [0.4, 0.5) is 11.5 Å². The first-order valence-corrected chi connectivity index (χ1v) is 5.61. The Morgan fingerprint density at radius 1 is 1.53 bits per heavy atom. The molecule has 1 aliphatic rings. The van der Waals surface area contributed by atoms with Crippen molar-refractivity contribution in [3.8, 4) is 0 Å². The van der Waals surface area contributed by atoms with Crippen molar-refractivity contribution in [2.75, 3.05) is 17.6 Å². The molecule has 3 heteroatoms. The minimum absolute atomic E-state index is 0.543. The Morgan fingerprint density at radius 2 is 2.27 bits per heavy atom. The van der Waals surface area contributed by atoms with Gasteiger partial charge in [-0.1, -0.05) is 6.92 Å². The van der Waals surface area contributed by atoms with Crippen molar-refractivity contribution < 1.29 is 0 Å². The Hall–Kier alpha value is -1.25. The maximum atomic E-state index is 5.83. The first-order chi connectivity index (χ1) is 7.15. The van der Waals surface area contributed by atoms with Gasteiger partial charge in [0.1, 0.15) is 5.82 Å². The van der Waals surface area contributed by atoms with Gasteiger partial charge in [-0.3, -0.25) is 0 Å². The van der Waals surface area contributed by atoms with Gasteiger partial charge in [0.05, 0.1) is 0 Å². The van der Waals surface area contributed by atoms with Gasteiger partial charge >= 0.3 is 0 Å². The zero-order valence-corrected chi connectivity index (χ0v) is 9.51. The van der Waals surface area contributed by atoms with Gasteiger partial charge < -0.3 is 11.1 Å². The van der Waals surface area contributed by atoms with E-state index in [0.29, 0.717) is 5.41 Å². The molecule has 1 aliphatic carbocycles. The molecule has 15 heavy (non-hydrogen) atoms. The van der Waals surface area contributed by atoms with Crippen LogP contribution in [0, 0.1) is 12.3 Å². The quantitative estimate of drug-likeness (QED) is 0.794. The average molecular weight is 205 g/mol. The maximum Gasteiger partial charge on any atom is 0.127 e. The van der Waals surface area contributed by atoms with E-state index >= 15 is 0 Å². The summed E-state index contributed by atoms with van der Waals surface area (Å²) in [6.07, 6.45) is 5.76. The van der Waals surface area contributed by atoms with Crippen LogP contribution in [0.1, 0.15) is 31.7 Å². The van der Waals surface area contributed by atoms with Gasteiger partial charge in [0.2, 0.25) is 0 Å². The predicted octanol–water partition coefficient (Wildman–Crippen LogP) is 2.57. The molecule has 0 radical (unpaired) electrons. The van der Waals surface area contributed by atoms with Crippen molar-refractivity contribution in [1.82, 2.24) is 4.98 Å². The molecule has 3 nitrogen and oxygen atoms in total. The first kappa shape index (κ1) is 10.3. The van der Waals surface area contributed by atoms with E-state index in [0.717, 1.165) is 23.6 Å². The highest BCUT2D eigenvalue weighted by Crippen LogP contribution is 2.48. The number of anilines is 2. The molecule has 1 fully saturated rings. The second-order valence-corrected chi connectivity index (χ2v) is 4.63. The second kappa shape index (κ2) is 3.72. The fourth-order valence-corrected chi connectivity index (χ4v) is 1.75. The molecular formula is C12H19N3. The lowest BCUT2D eigenvalue weighted by molar-refractivity contribution is 0.521. The molecule has 0 unspecified atom stereocenters. The van der Waals surface area contributed by atoms with Crippen molar-refractivity contribution in [1.29, 1.82) is 0 Å². The zero-order chi connectivity index (χ0) is 10.9. The highest BCUT2D eigenvalue weighted by atomic mass is 15.0. The van der Waals surface area contributed by atoms with Crippen molar-refractivity contribution >= 4 is 11.5 Å². The fourth-order valence-electron chi connectivity index (χ4n) is 1.75. The standard InChI is InChI=1S/C12H19N3/c1-3-12(4-5-12)8-15-11-6-10(13)9(2)7-14-11/h6-7H,3-5,8H2,1-2H3,(H3,13,14,15). The molecule has 1 saturated carbocycles. The minimum atomic E-state index is 0.543. The van der Waals surface area contributed by atoms with Gasteiger partial charge in [-0.15, -0.1) is 0 Å². The van der Waals surface area contributed by atoms with E-state index in [2.05, 4.69) is 17.2 Å². The van der Waals surface area contributed by atoms with E-state index in [1.807, 2.05) is 19.2 Å². The lowest BCUT2D eigenvalue weighted by Gasteiger charge is -2.14. The van der Waals surface area contributed by atoms with Crippen molar-refractivity contribution in [3.05, 3.63) is 17.8 Å². The summed E-state index contributed by atoms with van der Waals surface area (Å²) in [5, 5.41) is 3.38. The Labute approximate surface area is 91.1 Å². The molecular weight excluding hydrogens is 186 g/mol. The third-order valence-corrected chi connectivity index (χ3v) is 3.50. The number of hydrogen-bond donors (Lipinski definition) is 2. The van der Waals surface area contributed by atoms with Crippen LogP contribution in [0.3, 0.4) is 0 Å². The summed E-state index contributed by atoms with van der Waals surface area (Å²) < 4.78 is 0. The summed E-state index contributed by atoms with van der Waals surface area (Å²) in [4.78, 5) is 4.31. The summed E-state index contributed by atoms with van der Waals surface area (Å²) in [6, 6.07) is 1.92. The first-order valence-electron chi connectivity index (χ1n) is 5.61. The number of rotatable bonds is 4. The number of nitrogen functional groups attached to an aromatic ring is 1. The summed E-state index contributed by atoms with van der Waals surface area (Å²) in [7, 11) is 0. The predicted molar refractivity (Wildman–Crippen MR) is 63.8 cm³/mol. The minimum Gasteiger partial charge on any atom is -0.398 e. The molecule has 82 valence electrons. The van der Waals surface area contributed by atoms with E-state index in [1.165, 1.54) is 19.3 Å². The summed E-state index contributed by atoms with van der Waals surface area (Å²) in [5.41, 5.74) is 8.22. The third kappa shape index (κ3) is 2.22. The molecule has 0 aliphatic heterocycles. The van der Waals surface area contributed by atoms with Gasteiger partial charge in [-0.05, 0) is 37.2 Å². The molecule has 3 N–H and O–H groups in total. The molecule has 1 heterocycles. The molecule has 0 spiro atoms. The number of nitrogens with zero attached hydrogens (tertiary/aromatic N) is 1. The second-order valence-electron chi connectivity index (χ2n) is 4.63. The van der Waals surface area contributed by atoms with E-state index in [-0.39, 0.29) is 0 Å². The number of hydrogen-bond acceptors (Lipinski definition) is 3. The normalized spacial score (nSPS) is 17.5. The summed E-state index contributed by atoms with van der Waals surface area (Å²) in [5.74, 6) is 0.901. The van der Waals surface area contributed by atoms with Crippen molar-refractivity contribution in [3.63, 3.8) is 0 Å². The van der Waals surface area contributed by atoms with Gasteiger partial charge in [-0.25, -0.2) is 4.98 Å². The van der Waals surface area contributed by atoms with Crippen LogP contribution >= 0.6 is 0 Å². The Bertz CT molecular complexity index is 356. The summed E-state index contributed by atoms with van der Waals surface area (Å²) >= 11 is 0. The molecule has 2 rings (SSSR count). The maximum absolute atomic E-state index is 5.83. The average Bonchev–Trinajstić information content (AvgIpc) is 3.01. The van der Waals surface area contributed by atoms with Gasteiger partial charge in [-0.2, -0.15) is 0 Å². The van der Waals surface area contributed by atoms with Crippen LogP contribution in [-0.4, -0.2) is 11.5 Å². The molecule has 1 aromatic rings. The van der Waals surface area contributed by atoms with Crippen LogP contribution < -0.4 is 11.1 Å². The Kier molecular flexibility index (Phi) is 2.55. The number of aromatic nitrogens is 1. The van der Waals surface area contributed by atoms with Crippen molar-refractivity contribution in [2.45, 2.75) is 33.1 Å². The molecule has 0 amide bonds.